The van der Waals surface area contributed by atoms with Crippen molar-refractivity contribution in [1.82, 2.24) is 5.32 Å². The second kappa shape index (κ2) is 7.52. The lowest BCUT2D eigenvalue weighted by Gasteiger charge is -2.20. The Bertz CT molecular complexity index is 408. The fourth-order valence-corrected chi connectivity index (χ4v) is 1.66. The minimum absolute atomic E-state index is 0.0447. The number of anilines is 1. The van der Waals surface area contributed by atoms with Gasteiger partial charge in [0.2, 0.25) is 5.91 Å². The van der Waals surface area contributed by atoms with Crippen molar-refractivity contribution in [3.8, 4) is 12.3 Å². The summed E-state index contributed by atoms with van der Waals surface area (Å²) in [6, 6.07) is 9.35. The number of nitrogens with one attached hydrogen (secondary N) is 2. The number of hydrogen-bond acceptors (Lipinski definition) is 2. The third-order valence-corrected chi connectivity index (χ3v) is 2.78. The lowest BCUT2D eigenvalue weighted by molar-refractivity contribution is -0.118. The number of carbonyl (C=O) groups excluding carboxylic acids is 1. The molecular formula is C15H20N2O. The molecule has 0 bridgehead atoms. The number of terminal acetylenes is 1. The first kappa shape index (κ1) is 14.3. The molecule has 2 N–H and O–H groups in total. The summed E-state index contributed by atoms with van der Waals surface area (Å²) in [7, 11) is 0. The number of rotatable bonds is 6. The van der Waals surface area contributed by atoms with Crippen LogP contribution in [0.2, 0.25) is 0 Å². The van der Waals surface area contributed by atoms with Gasteiger partial charge in [-0.3, -0.25) is 4.79 Å². The molecule has 0 fully saturated rings. The van der Waals surface area contributed by atoms with Gasteiger partial charge in [0.1, 0.15) is 0 Å². The monoisotopic (exact) mass is 244 g/mol. The number of carbonyl (C=O) groups is 1. The van der Waals surface area contributed by atoms with Gasteiger partial charge in [-0.25, -0.2) is 0 Å². The van der Waals surface area contributed by atoms with Crippen LogP contribution in [0.3, 0.4) is 0 Å². The molecule has 1 amide bonds. The maximum absolute atomic E-state index is 11.9. The predicted molar refractivity (Wildman–Crippen MR) is 75.2 cm³/mol. The van der Waals surface area contributed by atoms with Gasteiger partial charge < -0.3 is 10.6 Å². The average molecular weight is 244 g/mol. The van der Waals surface area contributed by atoms with Gasteiger partial charge in [0.15, 0.2) is 0 Å². The molecule has 3 nitrogen and oxygen atoms in total. The van der Waals surface area contributed by atoms with E-state index in [9.17, 15) is 4.79 Å². The normalized spacial score (nSPS) is 13.4. The Kier molecular flexibility index (Phi) is 5.96. The predicted octanol–water partition coefficient (Wildman–Crippen LogP) is 2.41. The van der Waals surface area contributed by atoms with Crippen molar-refractivity contribution < 1.29 is 4.79 Å². The first-order valence-corrected chi connectivity index (χ1v) is 6.22. The van der Waals surface area contributed by atoms with E-state index in [0.717, 1.165) is 12.1 Å². The molecule has 1 aromatic carbocycles. The van der Waals surface area contributed by atoms with E-state index < -0.39 is 0 Å². The number of hydrogen-bond donors (Lipinski definition) is 2. The fraction of sp³-hybridized carbons (Fsp3) is 0.400. The van der Waals surface area contributed by atoms with Gasteiger partial charge in [0.05, 0.1) is 6.04 Å². The van der Waals surface area contributed by atoms with Crippen LogP contribution in [0.4, 0.5) is 5.69 Å². The summed E-state index contributed by atoms with van der Waals surface area (Å²) in [6.07, 6.45) is 6.84. The first-order chi connectivity index (χ1) is 8.67. The van der Waals surface area contributed by atoms with Gasteiger partial charge in [-0.2, -0.15) is 0 Å². The lowest BCUT2D eigenvalue weighted by atomic mass is 10.1. The SMILES string of the molecule is C#CCC(CC)NC(C)C(=O)Nc1ccccc1. The molecule has 96 valence electrons. The third-order valence-electron chi connectivity index (χ3n) is 2.78. The maximum atomic E-state index is 11.9. The highest BCUT2D eigenvalue weighted by atomic mass is 16.2. The number of benzene rings is 1. The van der Waals surface area contributed by atoms with Crippen LogP contribution < -0.4 is 10.6 Å². The van der Waals surface area contributed by atoms with Crippen molar-refractivity contribution in [3.05, 3.63) is 30.3 Å². The minimum atomic E-state index is -0.261. The van der Waals surface area contributed by atoms with E-state index in [0.29, 0.717) is 6.42 Å². The molecule has 2 unspecified atom stereocenters. The van der Waals surface area contributed by atoms with E-state index >= 15 is 0 Å². The largest absolute Gasteiger partial charge is 0.325 e. The van der Waals surface area contributed by atoms with Gasteiger partial charge in [0.25, 0.3) is 0 Å². The highest BCUT2D eigenvalue weighted by Crippen LogP contribution is 2.06. The highest BCUT2D eigenvalue weighted by Gasteiger charge is 2.16. The van der Waals surface area contributed by atoms with E-state index in [-0.39, 0.29) is 18.0 Å². The van der Waals surface area contributed by atoms with E-state index in [2.05, 4.69) is 23.5 Å². The molecule has 0 aliphatic heterocycles. The smallest absolute Gasteiger partial charge is 0.241 e. The van der Waals surface area contributed by atoms with E-state index in [1.165, 1.54) is 0 Å². The van der Waals surface area contributed by atoms with Crippen LogP contribution in [-0.2, 0) is 4.79 Å². The van der Waals surface area contributed by atoms with Crippen molar-refractivity contribution in [1.29, 1.82) is 0 Å². The second-order valence-electron chi connectivity index (χ2n) is 4.26. The van der Waals surface area contributed by atoms with Crippen molar-refractivity contribution in [2.45, 2.75) is 38.8 Å². The van der Waals surface area contributed by atoms with E-state index in [1.807, 2.05) is 37.3 Å². The molecule has 0 radical (unpaired) electrons. The minimum Gasteiger partial charge on any atom is -0.325 e. The van der Waals surface area contributed by atoms with Crippen molar-refractivity contribution in [2.24, 2.45) is 0 Å². The van der Waals surface area contributed by atoms with Crippen molar-refractivity contribution in [3.63, 3.8) is 0 Å². The Balaban J connectivity index is 2.49. The Morgan fingerprint density at radius 3 is 2.61 bits per heavy atom. The Labute approximate surface area is 109 Å². The molecule has 1 rings (SSSR count). The molecule has 0 spiro atoms. The molecule has 0 heterocycles. The van der Waals surface area contributed by atoms with Crippen LogP contribution in [0.5, 0.6) is 0 Å². The molecule has 2 atom stereocenters. The number of amides is 1. The summed E-state index contributed by atoms with van der Waals surface area (Å²) < 4.78 is 0. The van der Waals surface area contributed by atoms with Crippen LogP contribution >= 0.6 is 0 Å². The van der Waals surface area contributed by atoms with Crippen LogP contribution in [0, 0.1) is 12.3 Å². The Hall–Kier alpha value is -1.79. The molecule has 0 saturated carbocycles. The summed E-state index contributed by atoms with van der Waals surface area (Å²) in [5, 5.41) is 6.09. The summed E-state index contributed by atoms with van der Waals surface area (Å²) in [4.78, 5) is 11.9. The molecule has 0 saturated heterocycles. The fourth-order valence-electron chi connectivity index (χ4n) is 1.66. The molecule has 0 aromatic heterocycles. The summed E-state index contributed by atoms with van der Waals surface area (Å²) in [5.74, 6) is 2.57. The number of para-hydroxylation sites is 1. The zero-order valence-electron chi connectivity index (χ0n) is 10.9. The first-order valence-electron chi connectivity index (χ1n) is 6.22. The van der Waals surface area contributed by atoms with Crippen LogP contribution in [0.15, 0.2) is 30.3 Å². The van der Waals surface area contributed by atoms with Crippen molar-refractivity contribution in [2.75, 3.05) is 5.32 Å². The molecule has 0 aliphatic carbocycles. The third kappa shape index (κ3) is 4.60. The average Bonchev–Trinajstić information content (AvgIpc) is 2.39. The zero-order valence-corrected chi connectivity index (χ0v) is 10.9. The van der Waals surface area contributed by atoms with Gasteiger partial charge in [-0.15, -0.1) is 12.3 Å². The summed E-state index contributed by atoms with van der Waals surface area (Å²) in [5.41, 5.74) is 0.807. The van der Waals surface area contributed by atoms with Gasteiger partial charge in [-0.05, 0) is 25.5 Å². The quantitative estimate of drug-likeness (QED) is 0.754. The molecule has 0 aliphatic rings. The summed E-state index contributed by atoms with van der Waals surface area (Å²) in [6.45, 7) is 3.90. The van der Waals surface area contributed by atoms with E-state index in [4.69, 9.17) is 6.42 Å². The Morgan fingerprint density at radius 2 is 2.06 bits per heavy atom. The van der Waals surface area contributed by atoms with Crippen LogP contribution in [-0.4, -0.2) is 18.0 Å². The Morgan fingerprint density at radius 1 is 1.39 bits per heavy atom. The molecular weight excluding hydrogens is 224 g/mol. The van der Waals surface area contributed by atoms with E-state index in [1.54, 1.807) is 0 Å². The standard InChI is InChI=1S/C15H20N2O/c1-4-9-13(5-2)16-12(3)15(18)17-14-10-7-6-8-11-14/h1,6-8,10-13,16H,5,9H2,2-3H3,(H,17,18). The highest BCUT2D eigenvalue weighted by molar-refractivity contribution is 5.94. The second-order valence-corrected chi connectivity index (χ2v) is 4.26. The van der Waals surface area contributed by atoms with Crippen molar-refractivity contribution >= 4 is 11.6 Å². The topological polar surface area (TPSA) is 41.1 Å². The van der Waals surface area contributed by atoms with Gasteiger partial charge >= 0.3 is 0 Å². The molecule has 3 heteroatoms. The molecule has 18 heavy (non-hydrogen) atoms. The lowest BCUT2D eigenvalue weighted by Crippen LogP contribution is -2.43. The molecule has 1 aromatic rings. The van der Waals surface area contributed by atoms with Gasteiger partial charge in [0, 0.05) is 18.2 Å². The van der Waals surface area contributed by atoms with Crippen LogP contribution in [0.1, 0.15) is 26.7 Å². The zero-order chi connectivity index (χ0) is 13.4. The summed E-state index contributed by atoms with van der Waals surface area (Å²) >= 11 is 0. The maximum Gasteiger partial charge on any atom is 0.241 e. The van der Waals surface area contributed by atoms with Crippen LogP contribution in [0.25, 0.3) is 0 Å². The van der Waals surface area contributed by atoms with Gasteiger partial charge in [-0.1, -0.05) is 25.1 Å².